The molecule has 1 saturated heterocycles. The topological polar surface area (TPSA) is 93.4 Å². The minimum Gasteiger partial charge on any atom is -0.466 e. The zero-order valence-electron chi connectivity index (χ0n) is 15.5. The number of benzene rings is 1. The first-order valence-electron chi connectivity index (χ1n) is 9.04. The maximum absolute atomic E-state index is 12.1. The third-order valence-corrected chi connectivity index (χ3v) is 5.05. The molecule has 2 aromatic rings. The Kier molecular flexibility index (Phi) is 6.01. The van der Waals surface area contributed by atoms with Crippen LogP contribution in [0.5, 0.6) is 0 Å². The van der Waals surface area contributed by atoms with Crippen molar-refractivity contribution in [3.8, 4) is 0 Å². The summed E-state index contributed by atoms with van der Waals surface area (Å²) >= 11 is 6.19. The molecule has 0 radical (unpaired) electrons. The molecule has 0 saturated carbocycles. The van der Waals surface area contributed by atoms with E-state index in [0.717, 1.165) is 30.6 Å². The van der Waals surface area contributed by atoms with Gasteiger partial charge in [0.2, 0.25) is 0 Å². The summed E-state index contributed by atoms with van der Waals surface area (Å²) in [6, 6.07) is 5.67. The average Bonchev–Trinajstić information content (AvgIpc) is 2.67. The Morgan fingerprint density at radius 1 is 1.44 bits per heavy atom. The molecule has 7 nitrogen and oxygen atoms in total. The smallest absolute Gasteiger partial charge is 0.310 e. The number of nitrogens with zero attached hydrogens (tertiary/aromatic N) is 3. The minimum atomic E-state index is -0.166. The van der Waals surface area contributed by atoms with E-state index in [2.05, 4.69) is 15.3 Å². The van der Waals surface area contributed by atoms with Crippen LogP contribution in [0.1, 0.15) is 25.3 Å². The Bertz CT molecular complexity index is 830. The van der Waals surface area contributed by atoms with Crippen LogP contribution in [-0.4, -0.2) is 35.6 Å². The lowest BCUT2D eigenvalue weighted by molar-refractivity contribution is -0.148. The van der Waals surface area contributed by atoms with Gasteiger partial charge in [0.1, 0.15) is 12.0 Å². The summed E-state index contributed by atoms with van der Waals surface area (Å²) in [5.41, 5.74) is 8.57. The van der Waals surface area contributed by atoms with Gasteiger partial charge in [-0.2, -0.15) is 0 Å². The number of carbonyl (C=O) groups is 1. The van der Waals surface area contributed by atoms with Gasteiger partial charge in [-0.1, -0.05) is 17.7 Å². The number of hydrogen-bond donors (Lipinski definition) is 2. The standard InChI is InChI=1S/C19H24ClN5O2/c1-3-27-19(26)13-5-4-8-25(10-13)18-16(21)17(22-11-23-18)24-14-7-6-12(2)15(20)9-14/h6-7,9,11,13H,3-5,8,10,21H2,1-2H3,(H,22,23,24). The molecule has 1 aliphatic heterocycles. The highest BCUT2D eigenvalue weighted by Crippen LogP contribution is 2.32. The molecule has 0 bridgehead atoms. The fourth-order valence-electron chi connectivity index (χ4n) is 3.17. The maximum Gasteiger partial charge on any atom is 0.310 e. The van der Waals surface area contributed by atoms with Crippen molar-refractivity contribution in [1.29, 1.82) is 0 Å². The molecule has 1 fully saturated rings. The Labute approximate surface area is 163 Å². The summed E-state index contributed by atoms with van der Waals surface area (Å²) < 4.78 is 5.16. The number of halogens is 1. The van der Waals surface area contributed by atoms with E-state index in [9.17, 15) is 4.79 Å². The minimum absolute atomic E-state index is 0.164. The third kappa shape index (κ3) is 4.42. The number of piperidine rings is 1. The van der Waals surface area contributed by atoms with Crippen molar-refractivity contribution < 1.29 is 9.53 Å². The number of rotatable bonds is 5. The quantitative estimate of drug-likeness (QED) is 0.755. The molecule has 3 rings (SSSR count). The van der Waals surface area contributed by atoms with Crippen LogP contribution in [-0.2, 0) is 9.53 Å². The van der Waals surface area contributed by atoms with E-state index in [1.54, 1.807) is 0 Å². The van der Waals surface area contributed by atoms with Crippen molar-refractivity contribution in [2.45, 2.75) is 26.7 Å². The Balaban J connectivity index is 1.79. The number of hydrogen-bond acceptors (Lipinski definition) is 7. The number of carbonyl (C=O) groups excluding carboxylic acids is 1. The number of esters is 1. The van der Waals surface area contributed by atoms with Gasteiger partial charge in [0.15, 0.2) is 11.6 Å². The molecule has 0 aliphatic carbocycles. The van der Waals surface area contributed by atoms with Gasteiger partial charge >= 0.3 is 5.97 Å². The van der Waals surface area contributed by atoms with Crippen molar-refractivity contribution in [2.75, 3.05) is 35.6 Å². The molecular weight excluding hydrogens is 366 g/mol. The van der Waals surface area contributed by atoms with Crippen LogP contribution in [0.15, 0.2) is 24.5 Å². The van der Waals surface area contributed by atoms with E-state index in [1.807, 2.05) is 36.9 Å². The summed E-state index contributed by atoms with van der Waals surface area (Å²) in [6.45, 7) is 5.47. The Morgan fingerprint density at radius 3 is 3.00 bits per heavy atom. The normalized spacial score (nSPS) is 16.9. The van der Waals surface area contributed by atoms with Gasteiger partial charge < -0.3 is 20.7 Å². The van der Waals surface area contributed by atoms with Gasteiger partial charge in [-0.3, -0.25) is 4.79 Å². The van der Waals surface area contributed by atoms with Crippen molar-refractivity contribution in [3.63, 3.8) is 0 Å². The molecule has 1 unspecified atom stereocenters. The second-order valence-corrected chi connectivity index (χ2v) is 6.99. The van der Waals surface area contributed by atoms with Crippen LogP contribution in [0.25, 0.3) is 0 Å². The maximum atomic E-state index is 12.1. The van der Waals surface area contributed by atoms with E-state index < -0.39 is 0 Å². The van der Waals surface area contributed by atoms with Gasteiger partial charge in [0, 0.05) is 23.8 Å². The lowest BCUT2D eigenvalue weighted by Gasteiger charge is -2.33. The molecule has 1 aromatic carbocycles. The molecule has 0 amide bonds. The molecular formula is C19H24ClN5O2. The first kappa shape index (κ1) is 19.2. The monoisotopic (exact) mass is 389 g/mol. The first-order chi connectivity index (χ1) is 13.0. The fourth-order valence-corrected chi connectivity index (χ4v) is 3.35. The molecule has 27 heavy (non-hydrogen) atoms. The summed E-state index contributed by atoms with van der Waals surface area (Å²) in [5, 5.41) is 3.86. The molecule has 1 aromatic heterocycles. The van der Waals surface area contributed by atoms with Crippen molar-refractivity contribution in [3.05, 3.63) is 35.1 Å². The Hall–Kier alpha value is -2.54. The van der Waals surface area contributed by atoms with Crippen molar-refractivity contribution >= 4 is 40.6 Å². The van der Waals surface area contributed by atoms with E-state index in [0.29, 0.717) is 35.5 Å². The molecule has 144 valence electrons. The summed E-state index contributed by atoms with van der Waals surface area (Å²) in [5.74, 6) is 0.806. The summed E-state index contributed by atoms with van der Waals surface area (Å²) in [6.07, 6.45) is 3.16. The zero-order chi connectivity index (χ0) is 19.4. The van der Waals surface area contributed by atoms with Crippen LogP contribution in [0.3, 0.4) is 0 Å². The van der Waals surface area contributed by atoms with Crippen molar-refractivity contribution in [1.82, 2.24) is 9.97 Å². The van der Waals surface area contributed by atoms with Gasteiger partial charge in [0.25, 0.3) is 0 Å². The number of nitrogens with one attached hydrogen (secondary N) is 1. The lowest BCUT2D eigenvalue weighted by atomic mass is 9.98. The van der Waals surface area contributed by atoms with Crippen molar-refractivity contribution in [2.24, 2.45) is 5.92 Å². The van der Waals surface area contributed by atoms with E-state index in [1.165, 1.54) is 6.33 Å². The van der Waals surface area contributed by atoms with E-state index in [4.69, 9.17) is 22.1 Å². The second kappa shape index (κ2) is 8.43. The van der Waals surface area contributed by atoms with Gasteiger partial charge in [0.05, 0.1) is 12.5 Å². The highest BCUT2D eigenvalue weighted by Gasteiger charge is 2.29. The predicted octanol–water partition coefficient (Wildman–Crippen LogP) is 3.54. The molecule has 2 heterocycles. The third-order valence-electron chi connectivity index (χ3n) is 4.64. The summed E-state index contributed by atoms with van der Waals surface area (Å²) in [7, 11) is 0. The van der Waals surface area contributed by atoms with E-state index in [-0.39, 0.29) is 11.9 Å². The number of nitrogens with two attached hydrogens (primary N) is 1. The lowest BCUT2D eigenvalue weighted by Crippen LogP contribution is -2.40. The van der Waals surface area contributed by atoms with Gasteiger partial charge in [-0.15, -0.1) is 0 Å². The number of anilines is 4. The highest BCUT2D eigenvalue weighted by atomic mass is 35.5. The predicted molar refractivity (Wildman–Crippen MR) is 107 cm³/mol. The number of aryl methyl sites for hydroxylation is 1. The largest absolute Gasteiger partial charge is 0.466 e. The molecule has 3 N–H and O–H groups in total. The zero-order valence-corrected chi connectivity index (χ0v) is 16.3. The molecule has 1 atom stereocenters. The SMILES string of the molecule is CCOC(=O)C1CCCN(c2ncnc(Nc3ccc(C)c(Cl)c3)c2N)C1. The first-order valence-corrected chi connectivity index (χ1v) is 9.42. The van der Waals surface area contributed by atoms with Crippen LogP contribution in [0, 0.1) is 12.8 Å². The van der Waals surface area contributed by atoms with Crippen LogP contribution in [0.2, 0.25) is 5.02 Å². The van der Waals surface area contributed by atoms with Crippen LogP contribution >= 0.6 is 11.6 Å². The molecule has 1 aliphatic rings. The number of ether oxygens (including phenoxy) is 1. The molecule has 8 heteroatoms. The van der Waals surface area contributed by atoms with E-state index >= 15 is 0 Å². The number of aromatic nitrogens is 2. The molecule has 0 spiro atoms. The van der Waals surface area contributed by atoms with Crippen LogP contribution < -0.4 is 16.0 Å². The highest BCUT2D eigenvalue weighted by molar-refractivity contribution is 6.31. The van der Waals surface area contributed by atoms with Crippen LogP contribution in [0.4, 0.5) is 23.0 Å². The van der Waals surface area contributed by atoms with Gasteiger partial charge in [-0.25, -0.2) is 9.97 Å². The van der Waals surface area contributed by atoms with Gasteiger partial charge in [-0.05, 0) is 44.4 Å². The number of nitrogen functional groups attached to an aromatic ring is 1. The fraction of sp³-hybridized carbons (Fsp3) is 0.421. The second-order valence-electron chi connectivity index (χ2n) is 6.59. The Morgan fingerprint density at radius 2 is 2.26 bits per heavy atom. The summed E-state index contributed by atoms with van der Waals surface area (Å²) in [4.78, 5) is 22.7. The average molecular weight is 390 g/mol.